The van der Waals surface area contributed by atoms with E-state index in [-0.39, 0.29) is 0 Å². The Kier molecular flexibility index (Phi) is 4.32. The molecule has 3 N–H and O–H groups in total. The van der Waals surface area contributed by atoms with Gasteiger partial charge in [0.2, 0.25) is 10.0 Å². The Labute approximate surface area is 96.9 Å². The Morgan fingerprint density at radius 1 is 1.38 bits per heavy atom. The van der Waals surface area contributed by atoms with Crippen LogP contribution in [0.3, 0.4) is 0 Å². The average molecular weight is 242 g/mol. The molecule has 0 aliphatic carbocycles. The predicted molar refractivity (Wildman–Crippen MR) is 65.7 cm³/mol. The van der Waals surface area contributed by atoms with E-state index >= 15 is 0 Å². The number of hydrogen-bond donors (Lipinski definition) is 2. The Morgan fingerprint density at radius 3 is 2.62 bits per heavy atom. The third-order valence-corrected chi connectivity index (χ3v) is 3.93. The van der Waals surface area contributed by atoms with Crippen molar-refractivity contribution >= 4 is 15.7 Å². The van der Waals surface area contributed by atoms with E-state index in [0.717, 1.165) is 12.8 Å². The summed E-state index contributed by atoms with van der Waals surface area (Å²) in [5, 5.41) is 0. The van der Waals surface area contributed by atoms with Gasteiger partial charge in [0.1, 0.15) is 0 Å². The molecule has 90 valence electrons. The Bertz CT molecular complexity index is 455. The zero-order chi connectivity index (χ0) is 12.2. The first-order chi connectivity index (χ1) is 7.47. The molecule has 0 saturated heterocycles. The number of nitrogens with one attached hydrogen (secondary N) is 1. The molecule has 0 heterocycles. The molecule has 0 saturated carbocycles. The molecule has 0 atom stereocenters. The fourth-order valence-corrected chi connectivity index (χ4v) is 2.73. The molecule has 0 aliphatic heterocycles. The van der Waals surface area contributed by atoms with Gasteiger partial charge in [-0.2, -0.15) is 0 Å². The topological polar surface area (TPSA) is 72.2 Å². The number of sulfonamides is 1. The van der Waals surface area contributed by atoms with E-state index in [1.54, 1.807) is 25.1 Å². The van der Waals surface area contributed by atoms with E-state index in [1.165, 1.54) is 0 Å². The summed E-state index contributed by atoms with van der Waals surface area (Å²) in [4.78, 5) is 0.304. The second-order valence-corrected chi connectivity index (χ2v) is 5.51. The fraction of sp³-hybridized carbons (Fsp3) is 0.455. The van der Waals surface area contributed by atoms with E-state index in [4.69, 9.17) is 5.73 Å². The lowest BCUT2D eigenvalue weighted by atomic mass is 10.2. The lowest BCUT2D eigenvalue weighted by Crippen LogP contribution is -2.25. The van der Waals surface area contributed by atoms with E-state index in [9.17, 15) is 8.42 Å². The summed E-state index contributed by atoms with van der Waals surface area (Å²) in [5.41, 5.74) is 6.82. The first-order valence-corrected chi connectivity index (χ1v) is 6.81. The molecule has 0 spiro atoms. The highest BCUT2D eigenvalue weighted by molar-refractivity contribution is 7.89. The van der Waals surface area contributed by atoms with Gasteiger partial charge in [0.15, 0.2) is 0 Å². The number of hydrogen-bond acceptors (Lipinski definition) is 3. The predicted octanol–water partition coefficient (Wildman–Crippen LogP) is 1.66. The van der Waals surface area contributed by atoms with Crippen LogP contribution >= 0.6 is 0 Å². The van der Waals surface area contributed by atoms with Crippen LogP contribution in [0, 0.1) is 6.92 Å². The van der Waals surface area contributed by atoms with E-state index in [2.05, 4.69) is 4.72 Å². The minimum atomic E-state index is -3.39. The second-order valence-electron chi connectivity index (χ2n) is 3.78. The quantitative estimate of drug-likeness (QED) is 0.609. The van der Waals surface area contributed by atoms with Crippen molar-refractivity contribution in [2.75, 3.05) is 12.3 Å². The third kappa shape index (κ3) is 3.21. The lowest BCUT2D eigenvalue weighted by molar-refractivity contribution is 0.578. The van der Waals surface area contributed by atoms with Crippen LogP contribution in [0.15, 0.2) is 23.1 Å². The van der Waals surface area contributed by atoms with Crippen LogP contribution in [0.2, 0.25) is 0 Å². The summed E-state index contributed by atoms with van der Waals surface area (Å²) in [7, 11) is -3.39. The molecular formula is C11H18N2O2S. The molecule has 0 amide bonds. The van der Waals surface area contributed by atoms with Crippen molar-refractivity contribution < 1.29 is 8.42 Å². The summed E-state index contributed by atoms with van der Waals surface area (Å²) in [6.45, 7) is 4.23. The summed E-state index contributed by atoms with van der Waals surface area (Å²) in [5.74, 6) is 0. The Hall–Kier alpha value is -1.07. The summed E-state index contributed by atoms with van der Waals surface area (Å²) >= 11 is 0. The molecule has 1 rings (SSSR count). The zero-order valence-corrected chi connectivity index (χ0v) is 10.5. The Balaban J connectivity index is 2.90. The maximum atomic E-state index is 11.9. The van der Waals surface area contributed by atoms with Crippen LogP contribution < -0.4 is 10.5 Å². The highest BCUT2D eigenvalue weighted by Gasteiger charge is 2.15. The average Bonchev–Trinajstić information content (AvgIpc) is 2.17. The number of anilines is 1. The number of rotatable bonds is 5. The van der Waals surface area contributed by atoms with E-state index in [1.807, 2.05) is 6.92 Å². The summed E-state index contributed by atoms with van der Waals surface area (Å²) in [6, 6.07) is 4.80. The van der Waals surface area contributed by atoms with Crippen molar-refractivity contribution in [3.8, 4) is 0 Å². The number of benzene rings is 1. The monoisotopic (exact) mass is 242 g/mol. The van der Waals surface area contributed by atoms with Crippen LogP contribution in [0.1, 0.15) is 25.3 Å². The van der Waals surface area contributed by atoms with Gasteiger partial charge >= 0.3 is 0 Å². The highest BCUT2D eigenvalue weighted by Crippen LogP contribution is 2.17. The Morgan fingerprint density at radius 2 is 2.06 bits per heavy atom. The van der Waals surface area contributed by atoms with Gasteiger partial charge in [0, 0.05) is 12.2 Å². The number of aryl methyl sites for hydroxylation is 1. The minimum Gasteiger partial charge on any atom is -0.399 e. The van der Waals surface area contributed by atoms with Crippen molar-refractivity contribution in [1.82, 2.24) is 4.72 Å². The zero-order valence-electron chi connectivity index (χ0n) is 9.66. The SMILES string of the molecule is CCCCNS(=O)(=O)c1ccc(N)cc1C. The molecule has 0 bridgehead atoms. The first-order valence-electron chi connectivity index (χ1n) is 5.33. The molecular weight excluding hydrogens is 224 g/mol. The first kappa shape index (κ1) is 13.0. The number of nitrogens with two attached hydrogens (primary N) is 1. The van der Waals surface area contributed by atoms with Crippen molar-refractivity contribution in [2.24, 2.45) is 0 Å². The van der Waals surface area contributed by atoms with Gasteiger partial charge in [-0.1, -0.05) is 13.3 Å². The van der Waals surface area contributed by atoms with Crippen LogP contribution in [0.5, 0.6) is 0 Å². The molecule has 0 aromatic heterocycles. The second kappa shape index (κ2) is 5.32. The van der Waals surface area contributed by atoms with Crippen molar-refractivity contribution in [1.29, 1.82) is 0 Å². The van der Waals surface area contributed by atoms with Gasteiger partial charge in [0.05, 0.1) is 4.90 Å². The molecule has 5 heteroatoms. The summed E-state index contributed by atoms with van der Waals surface area (Å²) < 4.78 is 26.3. The smallest absolute Gasteiger partial charge is 0.240 e. The third-order valence-electron chi connectivity index (χ3n) is 2.31. The van der Waals surface area contributed by atoms with Gasteiger partial charge in [-0.05, 0) is 37.1 Å². The molecule has 0 radical (unpaired) electrons. The molecule has 0 unspecified atom stereocenters. The van der Waals surface area contributed by atoms with Gasteiger partial charge < -0.3 is 5.73 Å². The number of unbranched alkanes of at least 4 members (excludes halogenated alkanes) is 1. The molecule has 16 heavy (non-hydrogen) atoms. The van der Waals surface area contributed by atoms with Crippen LogP contribution in [0.25, 0.3) is 0 Å². The molecule has 1 aromatic rings. The standard InChI is InChI=1S/C11H18N2O2S/c1-3-4-7-13-16(14,15)11-6-5-10(12)8-9(11)2/h5-6,8,13H,3-4,7,12H2,1-2H3. The van der Waals surface area contributed by atoms with Crippen molar-refractivity contribution in [2.45, 2.75) is 31.6 Å². The molecule has 4 nitrogen and oxygen atoms in total. The van der Waals surface area contributed by atoms with Crippen LogP contribution in [-0.2, 0) is 10.0 Å². The van der Waals surface area contributed by atoms with Gasteiger partial charge in [0.25, 0.3) is 0 Å². The van der Waals surface area contributed by atoms with Gasteiger partial charge in [-0.15, -0.1) is 0 Å². The van der Waals surface area contributed by atoms with Gasteiger partial charge in [-0.3, -0.25) is 0 Å². The highest BCUT2D eigenvalue weighted by atomic mass is 32.2. The molecule has 1 aromatic carbocycles. The fourth-order valence-electron chi connectivity index (χ4n) is 1.44. The van der Waals surface area contributed by atoms with Crippen LogP contribution in [0.4, 0.5) is 5.69 Å². The van der Waals surface area contributed by atoms with E-state index < -0.39 is 10.0 Å². The number of nitrogen functional groups attached to an aromatic ring is 1. The maximum Gasteiger partial charge on any atom is 0.240 e. The van der Waals surface area contributed by atoms with Crippen molar-refractivity contribution in [3.05, 3.63) is 23.8 Å². The minimum absolute atomic E-state index is 0.304. The van der Waals surface area contributed by atoms with Gasteiger partial charge in [-0.25, -0.2) is 13.1 Å². The molecule has 0 fully saturated rings. The largest absolute Gasteiger partial charge is 0.399 e. The lowest BCUT2D eigenvalue weighted by Gasteiger charge is -2.09. The van der Waals surface area contributed by atoms with Crippen molar-refractivity contribution in [3.63, 3.8) is 0 Å². The normalized spacial score (nSPS) is 11.6. The van der Waals surface area contributed by atoms with Crippen LogP contribution in [-0.4, -0.2) is 15.0 Å². The summed E-state index contributed by atoms with van der Waals surface area (Å²) in [6.07, 6.45) is 1.80. The van der Waals surface area contributed by atoms with E-state index in [0.29, 0.717) is 22.7 Å². The maximum absolute atomic E-state index is 11.9. The molecule has 0 aliphatic rings.